The number of hydrogen-bond donors (Lipinski definition) is 1. The van der Waals surface area contributed by atoms with Gasteiger partial charge in [0.15, 0.2) is 5.82 Å². The Balaban J connectivity index is 1.61. The van der Waals surface area contributed by atoms with Crippen LogP contribution in [0.4, 0.5) is 0 Å². The number of hydrogen-bond acceptors (Lipinski definition) is 5. The van der Waals surface area contributed by atoms with Crippen molar-refractivity contribution < 1.29 is 4.42 Å². The van der Waals surface area contributed by atoms with Crippen molar-refractivity contribution in [1.82, 2.24) is 25.1 Å². The molecule has 21 heavy (non-hydrogen) atoms. The zero-order chi connectivity index (χ0) is 15.0. The summed E-state index contributed by atoms with van der Waals surface area (Å²) >= 11 is 0. The molecule has 1 atom stereocenters. The quantitative estimate of drug-likeness (QED) is 0.933. The lowest BCUT2D eigenvalue weighted by atomic mass is 10.1. The second-order valence-corrected chi connectivity index (χ2v) is 6.09. The molecule has 1 N–H and O–H groups in total. The maximum absolute atomic E-state index is 5.60. The first-order valence-corrected chi connectivity index (χ1v) is 7.63. The molecule has 0 saturated heterocycles. The van der Waals surface area contributed by atoms with E-state index in [4.69, 9.17) is 4.42 Å². The van der Waals surface area contributed by atoms with Crippen LogP contribution in [0.1, 0.15) is 55.2 Å². The average molecular weight is 289 g/mol. The largest absolute Gasteiger partial charge is 0.444 e. The van der Waals surface area contributed by atoms with Gasteiger partial charge in [0.1, 0.15) is 11.6 Å². The highest BCUT2D eigenvalue weighted by Crippen LogP contribution is 2.17. The van der Waals surface area contributed by atoms with Gasteiger partial charge in [0.05, 0.1) is 18.8 Å². The molecule has 1 aliphatic rings. The summed E-state index contributed by atoms with van der Waals surface area (Å²) in [6.45, 7) is 9.71. The van der Waals surface area contributed by atoms with Crippen LogP contribution in [0, 0.1) is 13.8 Å². The normalized spacial score (nSPS) is 18.2. The number of fused-ring (bicyclic) bond motifs is 1. The summed E-state index contributed by atoms with van der Waals surface area (Å²) in [4.78, 5) is 9.01. The molecule has 0 radical (unpaired) electrons. The van der Waals surface area contributed by atoms with Gasteiger partial charge in [0.25, 0.3) is 0 Å². The van der Waals surface area contributed by atoms with Crippen molar-refractivity contribution in [2.24, 2.45) is 0 Å². The predicted molar refractivity (Wildman–Crippen MR) is 79.0 cm³/mol. The molecule has 0 saturated carbocycles. The molecule has 0 aromatic carbocycles. The van der Waals surface area contributed by atoms with E-state index in [-0.39, 0.29) is 0 Å². The van der Waals surface area contributed by atoms with Crippen LogP contribution in [-0.4, -0.2) is 25.8 Å². The van der Waals surface area contributed by atoms with Crippen molar-refractivity contribution >= 4 is 0 Å². The third kappa shape index (κ3) is 3.00. The zero-order valence-electron chi connectivity index (χ0n) is 13.2. The molecule has 6 heteroatoms. The first-order chi connectivity index (χ1) is 10.0. The molecule has 3 rings (SSSR count). The number of aryl methyl sites for hydroxylation is 3. The molecule has 3 heterocycles. The highest BCUT2D eigenvalue weighted by molar-refractivity contribution is 5.05. The summed E-state index contributed by atoms with van der Waals surface area (Å²) < 4.78 is 7.65. The van der Waals surface area contributed by atoms with Crippen LogP contribution in [0.25, 0.3) is 0 Å². The Labute approximate surface area is 125 Å². The van der Waals surface area contributed by atoms with Crippen LogP contribution >= 0.6 is 0 Å². The Bertz CT molecular complexity index is 609. The lowest BCUT2D eigenvalue weighted by molar-refractivity contribution is 0.339. The Hall–Kier alpha value is -1.69. The van der Waals surface area contributed by atoms with Crippen LogP contribution < -0.4 is 5.32 Å². The fourth-order valence-electron chi connectivity index (χ4n) is 2.59. The van der Waals surface area contributed by atoms with Gasteiger partial charge in [0, 0.05) is 18.4 Å². The highest BCUT2D eigenvalue weighted by atomic mass is 16.4. The molecule has 0 aliphatic carbocycles. The van der Waals surface area contributed by atoms with Gasteiger partial charge in [0.2, 0.25) is 5.89 Å². The van der Waals surface area contributed by atoms with Gasteiger partial charge in [-0.25, -0.2) is 14.6 Å². The van der Waals surface area contributed by atoms with Gasteiger partial charge >= 0.3 is 0 Å². The third-order valence-electron chi connectivity index (χ3n) is 4.01. The lowest BCUT2D eigenvalue weighted by Crippen LogP contribution is -2.37. The predicted octanol–water partition coefficient (Wildman–Crippen LogP) is 2.11. The van der Waals surface area contributed by atoms with Crippen molar-refractivity contribution in [3.63, 3.8) is 0 Å². The number of oxazole rings is 1. The molecule has 2 aromatic rings. The van der Waals surface area contributed by atoms with Gasteiger partial charge in [-0.1, -0.05) is 13.8 Å². The molecule has 0 fully saturated rings. The fraction of sp³-hybridized carbons (Fsp3) is 0.667. The molecule has 0 spiro atoms. The standard InChI is InChI=1S/C15H23N5O/c1-9(2)15-18-13-6-5-12(8-20(13)19-15)16-7-14-17-10(3)11(4)21-14/h9,12,16H,5-8H2,1-4H3. The highest BCUT2D eigenvalue weighted by Gasteiger charge is 2.22. The number of nitrogens with zero attached hydrogens (tertiary/aromatic N) is 4. The van der Waals surface area contributed by atoms with Crippen molar-refractivity contribution in [1.29, 1.82) is 0 Å². The molecule has 0 amide bonds. The Morgan fingerprint density at radius 1 is 1.33 bits per heavy atom. The Morgan fingerprint density at radius 3 is 2.81 bits per heavy atom. The van der Waals surface area contributed by atoms with E-state index in [1.165, 1.54) is 0 Å². The van der Waals surface area contributed by atoms with Crippen molar-refractivity contribution in [2.75, 3.05) is 0 Å². The number of nitrogens with one attached hydrogen (secondary N) is 1. The van der Waals surface area contributed by atoms with Gasteiger partial charge < -0.3 is 9.73 Å². The molecule has 1 unspecified atom stereocenters. The number of aromatic nitrogens is 4. The summed E-state index contributed by atoms with van der Waals surface area (Å²) in [5.41, 5.74) is 0.968. The van der Waals surface area contributed by atoms with Crippen molar-refractivity contribution in [3.05, 3.63) is 29.0 Å². The summed E-state index contributed by atoms with van der Waals surface area (Å²) in [6.07, 6.45) is 2.05. The minimum absolute atomic E-state index is 0.382. The fourth-order valence-corrected chi connectivity index (χ4v) is 2.59. The van der Waals surface area contributed by atoms with Gasteiger partial charge in [-0.2, -0.15) is 5.10 Å². The summed E-state index contributed by atoms with van der Waals surface area (Å²) in [6, 6.07) is 0.395. The first kappa shape index (κ1) is 14.3. The summed E-state index contributed by atoms with van der Waals surface area (Å²) in [5, 5.41) is 8.11. The third-order valence-corrected chi connectivity index (χ3v) is 4.01. The van der Waals surface area contributed by atoms with E-state index < -0.39 is 0 Å². The molecule has 0 bridgehead atoms. The Kier molecular flexibility index (Phi) is 3.80. The van der Waals surface area contributed by atoms with Crippen LogP contribution in [0.5, 0.6) is 0 Å². The minimum atomic E-state index is 0.382. The van der Waals surface area contributed by atoms with E-state index in [2.05, 4.69) is 34.2 Å². The SMILES string of the molecule is Cc1nc(CNC2CCc3nc(C(C)C)nn3C2)oc1C. The number of rotatable bonds is 4. The van der Waals surface area contributed by atoms with E-state index in [1.54, 1.807) is 0 Å². The van der Waals surface area contributed by atoms with E-state index in [0.717, 1.165) is 48.4 Å². The van der Waals surface area contributed by atoms with E-state index in [0.29, 0.717) is 18.5 Å². The summed E-state index contributed by atoms with van der Waals surface area (Å²) in [7, 11) is 0. The van der Waals surface area contributed by atoms with Crippen LogP contribution in [-0.2, 0) is 19.5 Å². The molecule has 114 valence electrons. The molecular formula is C15H23N5O. The van der Waals surface area contributed by atoms with Crippen molar-refractivity contribution in [3.8, 4) is 0 Å². The molecule has 6 nitrogen and oxygen atoms in total. The average Bonchev–Trinajstić information content (AvgIpc) is 3.00. The molecule has 2 aromatic heterocycles. The summed E-state index contributed by atoms with van der Waals surface area (Å²) in [5.74, 6) is 4.10. The maximum atomic E-state index is 5.60. The zero-order valence-corrected chi connectivity index (χ0v) is 13.2. The monoisotopic (exact) mass is 289 g/mol. The molecule has 1 aliphatic heterocycles. The maximum Gasteiger partial charge on any atom is 0.208 e. The van der Waals surface area contributed by atoms with Crippen molar-refractivity contribution in [2.45, 2.75) is 65.6 Å². The molecular weight excluding hydrogens is 266 g/mol. The van der Waals surface area contributed by atoms with E-state index >= 15 is 0 Å². The van der Waals surface area contributed by atoms with Crippen LogP contribution in [0.3, 0.4) is 0 Å². The smallest absolute Gasteiger partial charge is 0.208 e. The minimum Gasteiger partial charge on any atom is -0.444 e. The van der Waals surface area contributed by atoms with Gasteiger partial charge in [-0.3, -0.25) is 0 Å². The van der Waals surface area contributed by atoms with E-state index in [1.807, 2.05) is 18.5 Å². The van der Waals surface area contributed by atoms with E-state index in [9.17, 15) is 0 Å². The lowest BCUT2D eigenvalue weighted by Gasteiger charge is -2.22. The second kappa shape index (κ2) is 5.60. The second-order valence-electron chi connectivity index (χ2n) is 6.09. The van der Waals surface area contributed by atoms with Gasteiger partial charge in [-0.05, 0) is 20.3 Å². The van der Waals surface area contributed by atoms with Crippen LogP contribution in [0.2, 0.25) is 0 Å². The Morgan fingerprint density at radius 2 is 2.14 bits per heavy atom. The first-order valence-electron chi connectivity index (χ1n) is 7.63. The topological polar surface area (TPSA) is 68.8 Å². The van der Waals surface area contributed by atoms with Gasteiger partial charge in [-0.15, -0.1) is 0 Å². The van der Waals surface area contributed by atoms with Crippen LogP contribution in [0.15, 0.2) is 4.42 Å².